The third kappa shape index (κ3) is 1.83. The third-order valence-corrected chi connectivity index (χ3v) is 3.03. The van der Waals surface area contributed by atoms with E-state index in [0.29, 0.717) is 16.9 Å². The molecule has 3 aromatic rings. The Morgan fingerprint density at radius 2 is 2.05 bits per heavy atom. The van der Waals surface area contributed by atoms with Crippen molar-refractivity contribution >= 4 is 16.9 Å². The summed E-state index contributed by atoms with van der Waals surface area (Å²) in [5.74, 6) is 0.0468. The standard InChI is InChI=1S/C13H12N4O2/c1-6-8(7-2-3-11(18)9(14)4-7)5-10-12(15-6)17-13(19)16-10/h2-5,18H,14H2,1H3,(H2,15,16,17,19). The Labute approximate surface area is 107 Å². The van der Waals surface area contributed by atoms with E-state index in [1.54, 1.807) is 12.1 Å². The fourth-order valence-electron chi connectivity index (χ4n) is 2.07. The van der Waals surface area contributed by atoms with Gasteiger partial charge in [0, 0.05) is 11.3 Å². The number of phenolic OH excluding ortho intramolecular Hbond substituents is 1. The second-order valence-electron chi connectivity index (χ2n) is 4.37. The molecule has 0 amide bonds. The van der Waals surface area contributed by atoms with E-state index in [4.69, 9.17) is 5.73 Å². The first-order chi connectivity index (χ1) is 9.04. The molecule has 0 spiro atoms. The summed E-state index contributed by atoms with van der Waals surface area (Å²) in [6, 6.07) is 6.80. The number of pyridine rings is 1. The van der Waals surface area contributed by atoms with E-state index in [9.17, 15) is 9.90 Å². The van der Waals surface area contributed by atoms with Gasteiger partial charge in [0.1, 0.15) is 5.75 Å². The summed E-state index contributed by atoms with van der Waals surface area (Å²) in [6.07, 6.45) is 0. The Balaban J connectivity index is 2.25. The summed E-state index contributed by atoms with van der Waals surface area (Å²) in [6.45, 7) is 1.85. The Morgan fingerprint density at radius 3 is 2.79 bits per heavy atom. The van der Waals surface area contributed by atoms with Crippen molar-refractivity contribution in [2.45, 2.75) is 6.92 Å². The normalized spacial score (nSPS) is 11.0. The number of fused-ring (bicyclic) bond motifs is 1. The lowest BCUT2D eigenvalue weighted by Gasteiger charge is -2.07. The van der Waals surface area contributed by atoms with Crippen molar-refractivity contribution in [3.05, 3.63) is 40.4 Å². The van der Waals surface area contributed by atoms with Crippen molar-refractivity contribution in [2.75, 3.05) is 5.73 Å². The second-order valence-corrected chi connectivity index (χ2v) is 4.37. The first-order valence-corrected chi connectivity index (χ1v) is 5.73. The number of H-pyrrole nitrogens is 2. The van der Waals surface area contributed by atoms with E-state index in [2.05, 4.69) is 15.0 Å². The van der Waals surface area contributed by atoms with Crippen LogP contribution in [0.25, 0.3) is 22.3 Å². The highest BCUT2D eigenvalue weighted by Gasteiger charge is 2.09. The van der Waals surface area contributed by atoms with E-state index in [1.807, 2.05) is 13.0 Å². The zero-order valence-corrected chi connectivity index (χ0v) is 10.2. The van der Waals surface area contributed by atoms with Crippen LogP contribution in [-0.4, -0.2) is 20.1 Å². The number of nitrogens with two attached hydrogens (primary N) is 1. The lowest BCUT2D eigenvalue weighted by molar-refractivity contribution is 0.478. The molecule has 0 saturated carbocycles. The predicted octanol–water partition coefficient (Wildman–Crippen LogP) is 1.51. The van der Waals surface area contributed by atoms with E-state index in [0.717, 1.165) is 16.8 Å². The fourth-order valence-corrected chi connectivity index (χ4v) is 2.07. The molecule has 5 N–H and O–H groups in total. The Morgan fingerprint density at radius 1 is 1.26 bits per heavy atom. The number of hydrogen-bond acceptors (Lipinski definition) is 4. The second kappa shape index (κ2) is 3.88. The Bertz CT molecular complexity index is 832. The molecule has 19 heavy (non-hydrogen) atoms. The van der Waals surface area contributed by atoms with Gasteiger partial charge < -0.3 is 15.8 Å². The number of nitrogens with zero attached hydrogens (tertiary/aromatic N) is 1. The van der Waals surface area contributed by atoms with Gasteiger partial charge in [-0.15, -0.1) is 0 Å². The summed E-state index contributed by atoms with van der Waals surface area (Å²) in [4.78, 5) is 20.9. The van der Waals surface area contributed by atoms with Crippen LogP contribution < -0.4 is 11.4 Å². The minimum atomic E-state index is -0.288. The van der Waals surface area contributed by atoms with Crippen LogP contribution in [0.5, 0.6) is 5.75 Å². The van der Waals surface area contributed by atoms with Gasteiger partial charge in [0.25, 0.3) is 0 Å². The maximum Gasteiger partial charge on any atom is 0.325 e. The molecule has 1 aromatic carbocycles. The van der Waals surface area contributed by atoms with Crippen LogP contribution in [0.15, 0.2) is 29.1 Å². The van der Waals surface area contributed by atoms with E-state index < -0.39 is 0 Å². The highest BCUT2D eigenvalue weighted by atomic mass is 16.3. The lowest BCUT2D eigenvalue weighted by atomic mass is 10.0. The van der Waals surface area contributed by atoms with Gasteiger partial charge in [-0.2, -0.15) is 0 Å². The summed E-state index contributed by atoms with van der Waals surface area (Å²) in [7, 11) is 0. The van der Waals surface area contributed by atoms with Crippen molar-refractivity contribution < 1.29 is 5.11 Å². The average Bonchev–Trinajstić information content (AvgIpc) is 2.71. The number of benzene rings is 1. The number of aryl methyl sites for hydroxylation is 1. The van der Waals surface area contributed by atoms with Crippen LogP contribution in [0, 0.1) is 6.92 Å². The average molecular weight is 256 g/mol. The van der Waals surface area contributed by atoms with Crippen molar-refractivity contribution in [1.82, 2.24) is 15.0 Å². The number of rotatable bonds is 1. The summed E-state index contributed by atoms with van der Waals surface area (Å²) in [5.41, 5.74) is 9.33. The predicted molar refractivity (Wildman–Crippen MR) is 73.0 cm³/mol. The quantitative estimate of drug-likeness (QED) is 0.391. The SMILES string of the molecule is Cc1nc2[nH]c(=O)[nH]c2cc1-c1ccc(O)c(N)c1. The molecule has 0 radical (unpaired) electrons. The zero-order valence-electron chi connectivity index (χ0n) is 10.2. The Kier molecular flexibility index (Phi) is 2.31. The number of phenols is 1. The molecule has 0 unspecified atom stereocenters. The van der Waals surface area contributed by atoms with Crippen LogP contribution in [0.3, 0.4) is 0 Å². The molecule has 0 aliphatic rings. The molecule has 0 aliphatic carbocycles. The molecule has 2 heterocycles. The summed E-state index contributed by atoms with van der Waals surface area (Å²) in [5, 5.41) is 9.44. The van der Waals surface area contributed by atoms with Crippen molar-refractivity contribution in [1.29, 1.82) is 0 Å². The third-order valence-electron chi connectivity index (χ3n) is 3.03. The van der Waals surface area contributed by atoms with Gasteiger partial charge in [-0.3, -0.25) is 4.98 Å². The molecule has 0 saturated heterocycles. The highest BCUT2D eigenvalue weighted by molar-refractivity contribution is 5.81. The largest absolute Gasteiger partial charge is 0.506 e. The number of nitrogens with one attached hydrogen (secondary N) is 2. The number of aromatic nitrogens is 3. The van der Waals surface area contributed by atoms with Gasteiger partial charge in [-0.1, -0.05) is 6.07 Å². The molecule has 2 aromatic heterocycles. The lowest BCUT2D eigenvalue weighted by Crippen LogP contribution is -1.99. The molecule has 3 rings (SSSR count). The van der Waals surface area contributed by atoms with Gasteiger partial charge >= 0.3 is 5.69 Å². The van der Waals surface area contributed by atoms with Gasteiger partial charge in [-0.25, -0.2) is 9.78 Å². The minimum absolute atomic E-state index is 0.0468. The topological polar surface area (TPSA) is 108 Å². The summed E-state index contributed by atoms with van der Waals surface area (Å²) >= 11 is 0. The number of imidazole rings is 1. The van der Waals surface area contributed by atoms with Crippen LogP contribution in [0.1, 0.15) is 5.69 Å². The fraction of sp³-hybridized carbons (Fsp3) is 0.0769. The minimum Gasteiger partial charge on any atom is -0.506 e. The molecule has 0 atom stereocenters. The van der Waals surface area contributed by atoms with E-state index >= 15 is 0 Å². The molecular weight excluding hydrogens is 244 g/mol. The van der Waals surface area contributed by atoms with Gasteiger partial charge in [0.15, 0.2) is 5.65 Å². The molecule has 0 aliphatic heterocycles. The Hall–Kier alpha value is -2.76. The number of anilines is 1. The van der Waals surface area contributed by atoms with Crippen LogP contribution >= 0.6 is 0 Å². The molecule has 6 heteroatoms. The summed E-state index contributed by atoms with van der Waals surface area (Å²) < 4.78 is 0. The van der Waals surface area contributed by atoms with Crippen LogP contribution in [0.4, 0.5) is 5.69 Å². The molecule has 96 valence electrons. The first-order valence-electron chi connectivity index (χ1n) is 5.73. The zero-order chi connectivity index (χ0) is 13.6. The van der Waals surface area contributed by atoms with E-state index in [-0.39, 0.29) is 11.4 Å². The van der Waals surface area contributed by atoms with Crippen molar-refractivity contribution in [2.24, 2.45) is 0 Å². The maximum absolute atomic E-state index is 11.2. The smallest absolute Gasteiger partial charge is 0.325 e. The molecule has 0 bridgehead atoms. The highest BCUT2D eigenvalue weighted by Crippen LogP contribution is 2.30. The molecule has 6 nitrogen and oxygen atoms in total. The number of aromatic amines is 2. The molecule has 0 fully saturated rings. The van der Waals surface area contributed by atoms with Gasteiger partial charge in [0.05, 0.1) is 11.2 Å². The number of aromatic hydroxyl groups is 1. The number of hydrogen-bond donors (Lipinski definition) is 4. The molecular formula is C13H12N4O2. The van der Waals surface area contributed by atoms with Gasteiger partial charge in [-0.05, 0) is 30.7 Å². The van der Waals surface area contributed by atoms with Crippen molar-refractivity contribution in [3.63, 3.8) is 0 Å². The van der Waals surface area contributed by atoms with E-state index in [1.165, 1.54) is 6.07 Å². The van der Waals surface area contributed by atoms with Crippen LogP contribution in [-0.2, 0) is 0 Å². The first kappa shape index (κ1) is 11.3. The van der Waals surface area contributed by atoms with Gasteiger partial charge in [0.2, 0.25) is 0 Å². The van der Waals surface area contributed by atoms with Crippen LogP contribution in [0.2, 0.25) is 0 Å². The van der Waals surface area contributed by atoms with Crippen molar-refractivity contribution in [3.8, 4) is 16.9 Å². The monoisotopic (exact) mass is 256 g/mol. The maximum atomic E-state index is 11.2. The number of nitrogen functional groups attached to an aromatic ring is 1.